The van der Waals surface area contributed by atoms with E-state index in [1.807, 2.05) is 12.1 Å². The zero-order valence-corrected chi connectivity index (χ0v) is 13.2. The van der Waals surface area contributed by atoms with Gasteiger partial charge in [0.25, 0.3) is 5.91 Å². The molecule has 2 heterocycles. The Morgan fingerprint density at radius 1 is 1.52 bits per heavy atom. The van der Waals surface area contributed by atoms with Crippen LogP contribution in [-0.4, -0.2) is 42.0 Å². The van der Waals surface area contributed by atoms with Crippen molar-refractivity contribution >= 4 is 33.1 Å². The first-order valence-electron chi connectivity index (χ1n) is 7.12. The van der Waals surface area contributed by atoms with E-state index in [9.17, 15) is 4.79 Å². The van der Waals surface area contributed by atoms with Crippen LogP contribution in [0, 0.1) is 0 Å². The van der Waals surface area contributed by atoms with Gasteiger partial charge in [-0.1, -0.05) is 0 Å². The fraction of sp³-hybridized carbons (Fsp3) is 0.467. The van der Waals surface area contributed by atoms with Gasteiger partial charge in [0.05, 0.1) is 5.69 Å². The minimum absolute atomic E-state index is 0.0939. The standard InChI is InChI=1S/C15H20N4OS/c1-19(2)15(6-4-7-15)9-18-13(20)12-11(16)10-5-3-8-17-14(10)21-12/h3,5,8H,4,6-7,9,16H2,1-2H3,(H,18,20). The first kappa shape index (κ1) is 14.3. The highest BCUT2D eigenvalue weighted by molar-refractivity contribution is 7.21. The first-order chi connectivity index (χ1) is 10.0. The molecule has 6 heteroatoms. The number of aromatic nitrogens is 1. The van der Waals surface area contributed by atoms with E-state index in [1.54, 1.807) is 6.20 Å². The highest BCUT2D eigenvalue weighted by atomic mass is 32.1. The molecule has 3 rings (SSSR count). The topological polar surface area (TPSA) is 71.2 Å². The fourth-order valence-corrected chi connectivity index (χ4v) is 3.79. The lowest BCUT2D eigenvalue weighted by molar-refractivity contribution is 0.0559. The molecule has 0 unspecified atom stereocenters. The molecule has 1 amide bonds. The second-order valence-electron chi connectivity index (χ2n) is 5.86. The van der Waals surface area contributed by atoms with Gasteiger partial charge < -0.3 is 16.0 Å². The Kier molecular flexibility index (Phi) is 3.59. The number of carbonyl (C=O) groups is 1. The predicted octanol–water partition coefficient (Wildman–Crippen LogP) is 2.09. The largest absolute Gasteiger partial charge is 0.397 e. The summed E-state index contributed by atoms with van der Waals surface area (Å²) in [7, 11) is 4.14. The predicted molar refractivity (Wildman–Crippen MR) is 86.6 cm³/mol. The number of nitrogens with two attached hydrogens (primary N) is 1. The third-order valence-corrected chi connectivity index (χ3v) is 5.65. The number of rotatable bonds is 4. The molecule has 0 saturated heterocycles. The number of nitrogens with zero attached hydrogens (tertiary/aromatic N) is 2. The minimum atomic E-state index is -0.0939. The van der Waals surface area contributed by atoms with Crippen LogP contribution in [-0.2, 0) is 0 Å². The van der Waals surface area contributed by atoms with Crippen molar-refractivity contribution < 1.29 is 4.79 Å². The molecule has 1 saturated carbocycles. The molecule has 1 aliphatic carbocycles. The average molecular weight is 304 g/mol. The second kappa shape index (κ2) is 5.27. The monoisotopic (exact) mass is 304 g/mol. The van der Waals surface area contributed by atoms with E-state index in [0.29, 0.717) is 17.1 Å². The number of likely N-dealkylation sites (N-methyl/N-ethyl adjacent to an activating group) is 1. The van der Waals surface area contributed by atoms with Crippen molar-refractivity contribution in [2.75, 3.05) is 26.4 Å². The summed E-state index contributed by atoms with van der Waals surface area (Å²) in [6.07, 6.45) is 5.20. The van der Waals surface area contributed by atoms with E-state index in [0.717, 1.165) is 23.1 Å². The highest BCUT2D eigenvalue weighted by Gasteiger charge is 2.39. The molecule has 0 atom stereocenters. The summed E-state index contributed by atoms with van der Waals surface area (Å²) in [6, 6.07) is 3.74. The summed E-state index contributed by atoms with van der Waals surface area (Å²) >= 11 is 1.35. The number of nitrogen functional groups attached to an aromatic ring is 1. The maximum absolute atomic E-state index is 12.4. The molecular weight excluding hydrogens is 284 g/mol. The van der Waals surface area contributed by atoms with Crippen molar-refractivity contribution in [3.05, 3.63) is 23.2 Å². The minimum Gasteiger partial charge on any atom is -0.397 e. The van der Waals surface area contributed by atoms with Gasteiger partial charge in [0.2, 0.25) is 0 Å². The van der Waals surface area contributed by atoms with E-state index in [4.69, 9.17) is 5.73 Å². The molecule has 2 aromatic heterocycles. The lowest BCUT2D eigenvalue weighted by atomic mass is 9.75. The van der Waals surface area contributed by atoms with Gasteiger partial charge in [-0.2, -0.15) is 0 Å². The second-order valence-corrected chi connectivity index (χ2v) is 6.86. The van der Waals surface area contributed by atoms with Gasteiger partial charge in [-0.25, -0.2) is 4.98 Å². The summed E-state index contributed by atoms with van der Waals surface area (Å²) < 4.78 is 0. The molecule has 0 radical (unpaired) electrons. The Morgan fingerprint density at radius 3 is 2.86 bits per heavy atom. The number of nitrogens with one attached hydrogen (secondary N) is 1. The third-order valence-electron chi connectivity index (χ3n) is 4.52. The van der Waals surface area contributed by atoms with Crippen molar-refractivity contribution in [1.29, 1.82) is 0 Å². The van der Waals surface area contributed by atoms with E-state index >= 15 is 0 Å². The molecule has 1 fully saturated rings. The quantitative estimate of drug-likeness (QED) is 0.907. The number of amides is 1. The van der Waals surface area contributed by atoms with E-state index < -0.39 is 0 Å². The van der Waals surface area contributed by atoms with Crippen LogP contribution in [0.4, 0.5) is 5.69 Å². The number of thiophene rings is 1. The summed E-state index contributed by atoms with van der Waals surface area (Å²) in [4.78, 5) is 20.3. The van der Waals surface area contributed by atoms with Crippen LogP contribution in [0.15, 0.2) is 18.3 Å². The maximum Gasteiger partial charge on any atom is 0.263 e. The first-order valence-corrected chi connectivity index (χ1v) is 7.94. The summed E-state index contributed by atoms with van der Waals surface area (Å²) in [5, 5.41) is 3.91. The Balaban J connectivity index is 1.77. The number of fused-ring (bicyclic) bond motifs is 1. The average Bonchev–Trinajstić information content (AvgIpc) is 2.75. The number of pyridine rings is 1. The van der Waals surface area contributed by atoms with Gasteiger partial charge in [0.1, 0.15) is 9.71 Å². The molecule has 0 bridgehead atoms. The lowest BCUT2D eigenvalue weighted by Gasteiger charge is -2.47. The molecule has 3 N–H and O–H groups in total. The number of hydrogen-bond donors (Lipinski definition) is 2. The molecule has 1 aliphatic rings. The van der Waals surface area contributed by atoms with Gasteiger partial charge in [-0.15, -0.1) is 11.3 Å². The van der Waals surface area contributed by atoms with Crippen LogP contribution in [0.5, 0.6) is 0 Å². The molecular formula is C15H20N4OS. The van der Waals surface area contributed by atoms with Gasteiger partial charge in [0.15, 0.2) is 0 Å². The maximum atomic E-state index is 12.4. The summed E-state index contributed by atoms with van der Waals surface area (Å²) in [6.45, 7) is 0.667. The van der Waals surface area contributed by atoms with Crippen molar-refractivity contribution in [2.45, 2.75) is 24.8 Å². The normalized spacial score (nSPS) is 16.9. The SMILES string of the molecule is CN(C)C1(CNC(=O)c2sc3ncccc3c2N)CCC1. The van der Waals surface area contributed by atoms with Crippen LogP contribution < -0.4 is 11.1 Å². The van der Waals surface area contributed by atoms with Crippen LogP contribution in [0.25, 0.3) is 10.2 Å². The molecule has 0 aliphatic heterocycles. The summed E-state index contributed by atoms with van der Waals surface area (Å²) in [5.41, 5.74) is 6.73. The number of hydrogen-bond acceptors (Lipinski definition) is 5. The Hall–Kier alpha value is -1.66. The molecule has 0 aromatic carbocycles. The zero-order valence-electron chi connectivity index (χ0n) is 12.3. The van der Waals surface area contributed by atoms with Gasteiger partial charge in [-0.05, 0) is 45.5 Å². The number of anilines is 1. The molecule has 0 spiro atoms. The third kappa shape index (κ3) is 2.38. The lowest BCUT2D eigenvalue weighted by Crippen LogP contribution is -2.57. The Morgan fingerprint density at radius 2 is 2.29 bits per heavy atom. The van der Waals surface area contributed by atoms with Crippen molar-refractivity contribution in [2.24, 2.45) is 0 Å². The van der Waals surface area contributed by atoms with Crippen LogP contribution in [0.2, 0.25) is 0 Å². The molecule has 21 heavy (non-hydrogen) atoms. The fourth-order valence-electron chi connectivity index (χ4n) is 2.81. The highest BCUT2D eigenvalue weighted by Crippen LogP contribution is 2.36. The van der Waals surface area contributed by atoms with E-state index in [-0.39, 0.29) is 11.4 Å². The van der Waals surface area contributed by atoms with Crippen LogP contribution in [0.3, 0.4) is 0 Å². The molecule has 5 nitrogen and oxygen atoms in total. The molecule has 2 aromatic rings. The van der Waals surface area contributed by atoms with Gasteiger partial charge in [0, 0.05) is 23.7 Å². The summed E-state index contributed by atoms with van der Waals surface area (Å²) in [5.74, 6) is -0.0939. The van der Waals surface area contributed by atoms with Gasteiger partial charge in [-0.3, -0.25) is 4.79 Å². The van der Waals surface area contributed by atoms with E-state index in [1.165, 1.54) is 17.8 Å². The van der Waals surface area contributed by atoms with Gasteiger partial charge >= 0.3 is 0 Å². The smallest absolute Gasteiger partial charge is 0.263 e. The van der Waals surface area contributed by atoms with E-state index in [2.05, 4.69) is 29.3 Å². The Bertz CT molecular complexity index is 675. The van der Waals surface area contributed by atoms with Crippen molar-refractivity contribution in [3.63, 3.8) is 0 Å². The zero-order chi connectivity index (χ0) is 15.0. The number of carbonyl (C=O) groups excluding carboxylic acids is 1. The molecule has 112 valence electrons. The van der Waals surface area contributed by atoms with Crippen molar-refractivity contribution in [1.82, 2.24) is 15.2 Å². The van der Waals surface area contributed by atoms with Crippen LogP contribution >= 0.6 is 11.3 Å². The van der Waals surface area contributed by atoms with Crippen LogP contribution in [0.1, 0.15) is 28.9 Å². The van der Waals surface area contributed by atoms with Crippen molar-refractivity contribution in [3.8, 4) is 0 Å². The Labute approximate surface area is 128 Å².